The van der Waals surface area contributed by atoms with Gasteiger partial charge in [-0.2, -0.15) is 0 Å². The SMILES string of the molecule is CC(C)(C)OC(=O)N1C(C(=O)O)CCC1c1cccc(F)c1. The molecule has 6 heteroatoms. The number of halogens is 1. The van der Waals surface area contributed by atoms with Gasteiger partial charge in [0.05, 0.1) is 6.04 Å². The van der Waals surface area contributed by atoms with E-state index < -0.39 is 35.6 Å². The van der Waals surface area contributed by atoms with Gasteiger partial charge in [0.1, 0.15) is 17.5 Å². The largest absolute Gasteiger partial charge is 0.480 e. The van der Waals surface area contributed by atoms with Crippen LogP contribution in [0.3, 0.4) is 0 Å². The number of carbonyl (C=O) groups excluding carboxylic acids is 1. The van der Waals surface area contributed by atoms with Gasteiger partial charge >= 0.3 is 12.1 Å². The van der Waals surface area contributed by atoms with E-state index >= 15 is 0 Å². The number of nitrogens with zero attached hydrogens (tertiary/aromatic N) is 1. The second-order valence-electron chi connectivity index (χ2n) is 6.39. The number of carboxylic acid groups (broad SMARTS) is 1. The minimum atomic E-state index is -1.08. The van der Waals surface area contributed by atoms with Crippen molar-refractivity contribution in [2.75, 3.05) is 0 Å². The Morgan fingerprint density at radius 3 is 2.55 bits per heavy atom. The van der Waals surface area contributed by atoms with Crippen LogP contribution in [-0.4, -0.2) is 33.7 Å². The molecule has 1 aromatic rings. The Labute approximate surface area is 128 Å². The van der Waals surface area contributed by atoms with Gasteiger partial charge < -0.3 is 9.84 Å². The number of hydrogen-bond donors (Lipinski definition) is 1. The van der Waals surface area contributed by atoms with Crippen LogP contribution >= 0.6 is 0 Å². The summed E-state index contributed by atoms with van der Waals surface area (Å²) >= 11 is 0. The van der Waals surface area contributed by atoms with Crippen LogP contribution in [0.1, 0.15) is 45.2 Å². The standard InChI is InChI=1S/C16H20FNO4/c1-16(2,3)22-15(21)18-12(7-8-13(18)14(19)20)10-5-4-6-11(17)9-10/h4-6,9,12-13H,7-8H2,1-3H3,(H,19,20). The molecule has 0 aliphatic carbocycles. The van der Waals surface area contributed by atoms with Gasteiger partial charge in [-0.15, -0.1) is 0 Å². The van der Waals surface area contributed by atoms with Crippen LogP contribution in [0.15, 0.2) is 24.3 Å². The minimum absolute atomic E-state index is 0.315. The third-order valence-electron chi connectivity index (χ3n) is 3.51. The fourth-order valence-electron chi connectivity index (χ4n) is 2.66. The Morgan fingerprint density at radius 1 is 1.32 bits per heavy atom. The fourth-order valence-corrected chi connectivity index (χ4v) is 2.66. The molecule has 1 aliphatic rings. The maximum atomic E-state index is 13.4. The molecule has 5 nitrogen and oxygen atoms in total. The zero-order valence-corrected chi connectivity index (χ0v) is 12.9. The fraction of sp³-hybridized carbons (Fsp3) is 0.500. The van der Waals surface area contributed by atoms with E-state index in [4.69, 9.17) is 4.74 Å². The second-order valence-corrected chi connectivity index (χ2v) is 6.39. The Hall–Kier alpha value is -2.11. The molecular weight excluding hydrogens is 289 g/mol. The highest BCUT2D eigenvalue weighted by atomic mass is 19.1. The summed E-state index contributed by atoms with van der Waals surface area (Å²) in [5, 5.41) is 9.33. The molecule has 1 N–H and O–H groups in total. The Bertz CT molecular complexity index is 582. The number of carboxylic acids is 1. The van der Waals surface area contributed by atoms with E-state index in [1.165, 1.54) is 17.0 Å². The molecule has 1 amide bonds. The van der Waals surface area contributed by atoms with Crippen LogP contribution in [0, 0.1) is 5.82 Å². The Morgan fingerprint density at radius 2 is 2.00 bits per heavy atom. The number of aliphatic carboxylic acids is 1. The van der Waals surface area contributed by atoms with Crippen molar-refractivity contribution in [1.29, 1.82) is 0 Å². The van der Waals surface area contributed by atoms with Crippen LogP contribution in [0.5, 0.6) is 0 Å². The van der Waals surface area contributed by atoms with Gasteiger partial charge in [-0.05, 0) is 51.3 Å². The van der Waals surface area contributed by atoms with E-state index in [9.17, 15) is 19.1 Å². The summed E-state index contributed by atoms with van der Waals surface area (Å²) in [7, 11) is 0. The van der Waals surface area contributed by atoms with Crippen molar-refractivity contribution in [2.45, 2.75) is 51.3 Å². The third-order valence-corrected chi connectivity index (χ3v) is 3.51. The van der Waals surface area contributed by atoms with Crippen LogP contribution in [0.25, 0.3) is 0 Å². The summed E-state index contributed by atoms with van der Waals surface area (Å²) in [6, 6.07) is 4.42. The summed E-state index contributed by atoms with van der Waals surface area (Å²) < 4.78 is 18.7. The van der Waals surface area contributed by atoms with Crippen LogP contribution < -0.4 is 0 Å². The van der Waals surface area contributed by atoms with Crippen molar-refractivity contribution >= 4 is 12.1 Å². The summed E-state index contributed by atoms with van der Waals surface area (Å²) in [6.07, 6.45) is 0.0850. The highest BCUT2D eigenvalue weighted by Gasteiger charge is 2.43. The van der Waals surface area contributed by atoms with Gasteiger partial charge in [-0.3, -0.25) is 4.90 Å². The topological polar surface area (TPSA) is 66.8 Å². The highest BCUT2D eigenvalue weighted by Crippen LogP contribution is 2.37. The molecule has 0 saturated carbocycles. The van der Waals surface area contributed by atoms with Crippen LogP contribution in [-0.2, 0) is 9.53 Å². The van der Waals surface area contributed by atoms with Crippen molar-refractivity contribution < 1.29 is 23.8 Å². The monoisotopic (exact) mass is 309 g/mol. The van der Waals surface area contributed by atoms with Crippen LogP contribution in [0.2, 0.25) is 0 Å². The van der Waals surface area contributed by atoms with Gasteiger partial charge in [0, 0.05) is 0 Å². The summed E-state index contributed by atoms with van der Waals surface area (Å²) in [6.45, 7) is 5.15. The van der Waals surface area contributed by atoms with Crippen molar-refractivity contribution in [3.05, 3.63) is 35.6 Å². The molecule has 0 bridgehead atoms. The number of ether oxygens (including phenoxy) is 1. The van der Waals surface area contributed by atoms with Gasteiger partial charge in [-0.25, -0.2) is 14.0 Å². The van der Waals surface area contributed by atoms with E-state index in [-0.39, 0.29) is 0 Å². The molecule has 1 fully saturated rings. The maximum absolute atomic E-state index is 13.4. The van der Waals surface area contributed by atoms with E-state index in [0.717, 1.165) is 0 Å². The second kappa shape index (κ2) is 5.94. The molecule has 1 heterocycles. The van der Waals surface area contributed by atoms with E-state index in [0.29, 0.717) is 18.4 Å². The van der Waals surface area contributed by atoms with E-state index in [2.05, 4.69) is 0 Å². The van der Waals surface area contributed by atoms with Gasteiger partial charge in [0.25, 0.3) is 0 Å². The molecule has 1 aromatic carbocycles. The first-order valence-electron chi connectivity index (χ1n) is 7.18. The lowest BCUT2D eigenvalue weighted by Crippen LogP contribution is -2.44. The van der Waals surface area contributed by atoms with Crippen molar-refractivity contribution in [3.63, 3.8) is 0 Å². The maximum Gasteiger partial charge on any atom is 0.411 e. The van der Waals surface area contributed by atoms with Gasteiger partial charge in [0.2, 0.25) is 0 Å². The zero-order chi connectivity index (χ0) is 16.5. The smallest absolute Gasteiger partial charge is 0.411 e. The Kier molecular flexibility index (Phi) is 4.39. The lowest BCUT2D eigenvalue weighted by atomic mass is 10.0. The van der Waals surface area contributed by atoms with Gasteiger partial charge in [0.15, 0.2) is 0 Å². The first kappa shape index (κ1) is 16.3. The molecule has 2 unspecified atom stereocenters. The van der Waals surface area contributed by atoms with Crippen LogP contribution in [0.4, 0.5) is 9.18 Å². The number of benzene rings is 1. The average molecular weight is 309 g/mol. The third kappa shape index (κ3) is 3.55. The molecule has 0 aromatic heterocycles. The number of hydrogen-bond acceptors (Lipinski definition) is 3. The molecular formula is C16H20FNO4. The zero-order valence-electron chi connectivity index (χ0n) is 12.9. The molecule has 0 spiro atoms. The first-order chi connectivity index (χ1) is 10.2. The van der Waals surface area contributed by atoms with E-state index in [1.807, 2.05) is 0 Å². The van der Waals surface area contributed by atoms with Gasteiger partial charge in [-0.1, -0.05) is 12.1 Å². The molecule has 2 rings (SSSR count). The van der Waals surface area contributed by atoms with Crippen molar-refractivity contribution in [3.8, 4) is 0 Å². The van der Waals surface area contributed by atoms with Crippen molar-refractivity contribution in [2.24, 2.45) is 0 Å². The summed E-state index contributed by atoms with van der Waals surface area (Å²) in [5.74, 6) is -1.50. The quantitative estimate of drug-likeness (QED) is 0.909. The summed E-state index contributed by atoms with van der Waals surface area (Å²) in [4.78, 5) is 25.0. The van der Waals surface area contributed by atoms with Crippen molar-refractivity contribution in [1.82, 2.24) is 4.90 Å². The molecule has 1 aliphatic heterocycles. The highest BCUT2D eigenvalue weighted by molar-refractivity contribution is 5.81. The normalized spacial score (nSPS) is 21.7. The predicted octanol–water partition coefficient (Wildman–Crippen LogP) is 3.35. The molecule has 120 valence electrons. The number of amides is 1. The predicted molar refractivity (Wildman–Crippen MR) is 77.9 cm³/mol. The molecule has 1 saturated heterocycles. The summed E-state index contributed by atoms with van der Waals surface area (Å²) in [5.41, 5.74) is -0.149. The lowest BCUT2D eigenvalue weighted by molar-refractivity contribution is -0.142. The number of carbonyl (C=O) groups is 2. The van der Waals surface area contributed by atoms with E-state index in [1.54, 1.807) is 32.9 Å². The first-order valence-corrected chi connectivity index (χ1v) is 7.18. The number of likely N-dealkylation sites (tertiary alicyclic amines) is 1. The molecule has 2 atom stereocenters. The lowest BCUT2D eigenvalue weighted by Gasteiger charge is -2.31. The number of rotatable bonds is 2. The Balaban J connectivity index is 2.32. The molecule has 0 radical (unpaired) electrons. The minimum Gasteiger partial charge on any atom is -0.480 e. The average Bonchev–Trinajstić information content (AvgIpc) is 2.81. The molecule has 22 heavy (non-hydrogen) atoms.